The Morgan fingerprint density at radius 2 is 1.65 bits per heavy atom. The van der Waals surface area contributed by atoms with Crippen LogP contribution >= 0.6 is 0 Å². The Morgan fingerprint density at radius 3 is 2.35 bits per heavy atom. The van der Waals surface area contributed by atoms with Crippen LogP contribution in [0.2, 0.25) is 0 Å². The van der Waals surface area contributed by atoms with Gasteiger partial charge in [0.15, 0.2) is 0 Å². The summed E-state index contributed by atoms with van der Waals surface area (Å²) in [6.45, 7) is 11.0. The van der Waals surface area contributed by atoms with Gasteiger partial charge in [0.25, 0.3) is 0 Å². The zero-order chi connectivity index (χ0) is 14.7. The van der Waals surface area contributed by atoms with Crippen LogP contribution in [0.1, 0.15) is 55.0 Å². The molecule has 0 aliphatic heterocycles. The van der Waals surface area contributed by atoms with Crippen LogP contribution in [0, 0.1) is 13.8 Å². The predicted octanol–water partition coefficient (Wildman–Crippen LogP) is 5.60. The van der Waals surface area contributed by atoms with Crippen LogP contribution in [0.25, 0.3) is 0 Å². The van der Waals surface area contributed by atoms with E-state index in [1.165, 1.54) is 27.9 Å². The van der Waals surface area contributed by atoms with Crippen molar-refractivity contribution in [1.82, 2.24) is 0 Å². The molecule has 1 heteroatoms. The molecule has 0 bridgehead atoms. The van der Waals surface area contributed by atoms with Gasteiger partial charge < -0.3 is 5.32 Å². The second-order valence-electron chi connectivity index (χ2n) is 6.01. The molecular formula is C19H25N. The normalized spacial score (nSPS) is 12.5. The molecule has 1 N–H and O–H groups in total. The van der Waals surface area contributed by atoms with Gasteiger partial charge in [0.1, 0.15) is 0 Å². The molecule has 2 rings (SSSR count). The average molecular weight is 267 g/mol. The molecule has 20 heavy (non-hydrogen) atoms. The molecule has 0 aromatic heterocycles. The predicted molar refractivity (Wildman–Crippen MR) is 88.5 cm³/mol. The molecule has 0 fully saturated rings. The van der Waals surface area contributed by atoms with Crippen molar-refractivity contribution in [1.29, 1.82) is 0 Å². The molecule has 0 radical (unpaired) electrons. The molecule has 1 unspecified atom stereocenters. The molecule has 1 atom stereocenters. The first-order valence-corrected chi connectivity index (χ1v) is 7.41. The summed E-state index contributed by atoms with van der Waals surface area (Å²) < 4.78 is 0. The smallest absolute Gasteiger partial charge is 0.0488 e. The standard InChI is InChI=1S/C19H25N/c1-13(2)17-7-6-8-18(12-17)20-16(5)19-11-14(3)9-10-15(19)4/h6-13,16,20H,1-5H3. The molecular weight excluding hydrogens is 242 g/mol. The molecule has 0 aliphatic carbocycles. The van der Waals surface area contributed by atoms with Gasteiger partial charge in [-0.2, -0.15) is 0 Å². The van der Waals surface area contributed by atoms with Gasteiger partial charge >= 0.3 is 0 Å². The second-order valence-corrected chi connectivity index (χ2v) is 6.01. The molecule has 0 amide bonds. The molecule has 0 saturated heterocycles. The lowest BCUT2D eigenvalue weighted by molar-refractivity contribution is 0.855. The third-order valence-electron chi connectivity index (χ3n) is 3.84. The summed E-state index contributed by atoms with van der Waals surface area (Å²) in [5, 5.41) is 3.62. The van der Waals surface area contributed by atoms with Crippen molar-refractivity contribution in [2.24, 2.45) is 0 Å². The van der Waals surface area contributed by atoms with E-state index >= 15 is 0 Å². The van der Waals surface area contributed by atoms with Crippen LogP contribution in [0.5, 0.6) is 0 Å². The Hall–Kier alpha value is -1.76. The first kappa shape index (κ1) is 14.6. The zero-order valence-corrected chi connectivity index (χ0v) is 13.2. The van der Waals surface area contributed by atoms with E-state index < -0.39 is 0 Å². The number of nitrogens with one attached hydrogen (secondary N) is 1. The molecule has 0 spiro atoms. The quantitative estimate of drug-likeness (QED) is 0.760. The molecule has 0 saturated carbocycles. The number of hydrogen-bond donors (Lipinski definition) is 1. The van der Waals surface area contributed by atoms with E-state index in [-0.39, 0.29) is 0 Å². The van der Waals surface area contributed by atoms with Gasteiger partial charge in [0, 0.05) is 11.7 Å². The highest BCUT2D eigenvalue weighted by Crippen LogP contribution is 2.25. The minimum atomic E-state index is 0.317. The first-order valence-electron chi connectivity index (χ1n) is 7.41. The first-order chi connectivity index (χ1) is 9.47. The van der Waals surface area contributed by atoms with Gasteiger partial charge in [-0.25, -0.2) is 0 Å². The van der Waals surface area contributed by atoms with E-state index in [2.05, 4.69) is 82.4 Å². The maximum absolute atomic E-state index is 3.62. The van der Waals surface area contributed by atoms with Gasteiger partial charge in [0.05, 0.1) is 0 Å². The van der Waals surface area contributed by atoms with Crippen LogP contribution in [0.4, 0.5) is 5.69 Å². The van der Waals surface area contributed by atoms with Gasteiger partial charge in [-0.3, -0.25) is 0 Å². The average Bonchev–Trinajstić information content (AvgIpc) is 2.41. The van der Waals surface area contributed by atoms with Crippen LogP contribution < -0.4 is 5.32 Å². The lowest BCUT2D eigenvalue weighted by Gasteiger charge is -2.19. The number of anilines is 1. The summed E-state index contributed by atoms with van der Waals surface area (Å²) >= 11 is 0. The molecule has 2 aromatic rings. The topological polar surface area (TPSA) is 12.0 Å². The molecule has 106 valence electrons. The van der Waals surface area contributed by atoms with Crippen LogP contribution in [0.3, 0.4) is 0 Å². The Kier molecular flexibility index (Phi) is 4.49. The van der Waals surface area contributed by atoms with Crippen molar-refractivity contribution in [2.45, 2.75) is 46.6 Å². The summed E-state index contributed by atoms with van der Waals surface area (Å²) in [7, 11) is 0. The van der Waals surface area contributed by atoms with Crippen molar-refractivity contribution < 1.29 is 0 Å². The van der Waals surface area contributed by atoms with Gasteiger partial charge in [0.2, 0.25) is 0 Å². The summed E-state index contributed by atoms with van der Waals surface area (Å²) in [6, 6.07) is 15.7. The van der Waals surface area contributed by atoms with Crippen molar-refractivity contribution in [2.75, 3.05) is 5.32 Å². The Morgan fingerprint density at radius 1 is 0.900 bits per heavy atom. The molecule has 2 aromatic carbocycles. The highest BCUT2D eigenvalue weighted by atomic mass is 14.9. The summed E-state index contributed by atoms with van der Waals surface area (Å²) in [4.78, 5) is 0. The van der Waals surface area contributed by atoms with E-state index in [0.29, 0.717) is 12.0 Å². The summed E-state index contributed by atoms with van der Waals surface area (Å²) in [5.41, 5.74) is 6.61. The Bertz CT molecular complexity index is 584. The van der Waals surface area contributed by atoms with Crippen molar-refractivity contribution in [3.8, 4) is 0 Å². The molecule has 0 heterocycles. The van der Waals surface area contributed by atoms with Crippen molar-refractivity contribution in [3.05, 3.63) is 64.7 Å². The van der Waals surface area contributed by atoms with Crippen molar-refractivity contribution in [3.63, 3.8) is 0 Å². The highest BCUT2D eigenvalue weighted by molar-refractivity contribution is 5.49. The van der Waals surface area contributed by atoms with Gasteiger partial charge in [-0.1, -0.05) is 49.7 Å². The second kappa shape index (κ2) is 6.13. The lowest BCUT2D eigenvalue weighted by Crippen LogP contribution is -2.08. The number of benzene rings is 2. The van der Waals surface area contributed by atoms with E-state index in [1.54, 1.807) is 0 Å². The fourth-order valence-electron chi connectivity index (χ4n) is 2.54. The lowest BCUT2D eigenvalue weighted by atomic mass is 9.99. The SMILES string of the molecule is Cc1ccc(C)c(C(C)Nc2cccc(C(C)C)c2)c1. The fraction of sp³-hybridized carbons (Fsp3) is 0.368. The number of hydrogen-bond acceptors (Lipinski definition) is 1. The van der Waals surface area contributed by atoms with E-state index in [0.717, 1.165) is 0 Å². The van der Waals surface area contributed by atoms with Gasteiger partial charge in [-0.05, 0) is 55.5 Å². The minimum absolute atomic E-state index is 0.317. The van der Waals surface area contributed by atoms with E-state index in [1.807, 2.05) is 0 Å². The maximum atomic E-state index is 3.62. The number of aryl methyl sites for hydroxylation is 2. The van der Waals surface area contributed by atoms with E-state index in [4.69, 9.17) is 0 Å². The Balaban J connectivity index is 2.21. The van der Waals surface area contributed by atoms with Crippen LogP contribution in [-0.2, 0) is 0 Å². The summed E-state index contributed by atoms with van der Waals surface area (Å²) in [5.74, 6) is 0.563. The third-order valence-corrected chi connectivity index (χ3v) is 3.84. The summed E-state index contributed by atoms with van der Waals surface area (Å²) in [6.07, 6.45) is 0. The zero-order valence-electron chi connectivity index (χ0n) is 13.2. The van der Waals surface area contributed by atoms with Crippen LogP contribution in [-0.4, -0.2) is 0 Å². The van der Waals surface area contributed by atoms with Crippen LogP contribution in [0.15, 0.2) is 42.5 Å². The van der Waals surface area contributed by atoms with E-state index in [9.17, 15) is 0 Å². The molecule has 1 nitrogen and oxygen atoms in total. The minimum Gasteiger partial charge on any atom is -0.379 e. The Labute approximate surface area is 123 Å². The van der Waals surface area contributed by atoms with Crippen molar-refractivity contribution >= 4 is 5.69 Å². The largest absolute Gasteiger partial charge is 0.379 e. The number of rotatable bonds is 4. The third kappa shape index (κ3) is 3.41. The maximum Gasteiger partial charge on any atom is 0.0488 e. The fourth-order valence-corrected chi connectivity index (χ4v) is 2.54. The monoisotopic (exact) mass is 267 g/mol. The van der Waals surface area contributed by atoms with Gasteiger partial charge in [-0.15, -0.1) is 0 Å². The highest BCUT2D eigenvalue weighted by Gasteiger charge is 2.09. The molecule has 0 aliphatic rings.